The molecule has 8 heteroatoms. The molecule has 0 unspecified atom stereocenters. The number of aliphatic hydroxyl groups excluding tert-OH is 3. The van der Waals surface area contributed by atoms with Crippen LogP contribution in [0.4, 0.5) is 5.13 Å². The fraction of sp³-hybridized carbons (Fsp3) is 0.556. The van der Waals surface area contributed by atoms with Crippen molar-refractivity contribution in [1.29, 1.82) is 0 Å². The minimum absolute atomic E-state index is 0.0184. The summed E-state index contributed by atoms with van der Waals surface area (Å²) in [5, 5.41) is 31.5. The van der Waals surface area contributed by atoms with Crippen molar-refractivity contribution in [3.63, 3.8) is 0 Å². The van der Waals surface area contributed by atoms with Gasteiger partial charge in [-0.15, -0.1) is 11.3 Å². The lowest BCUT2D eigenvalue weighted by molar-refractivity contribution is -0.124. The van der Waals surface area contributed by atoms with Crippen molar-refractivity contribution in [2.45, 2.75) is 12.0 Å². The molecule has 0 saturated heterocycles. The van der Waals surface area contributed by atoms with Crippen LogP contribution in [0.1, 0.15) is 5.69 Å². The monoisotopic (exact) mass is 261 g/mol. The number of nitrogen functional groups attached to an aromatic ring is 1. The first kappa shape index (κ1) is 13.8. The van der Waals surface area contributed by atoms with E-state index in [1.54, 1.807) is 5.38 Å². The molecule has 6 N–H and O–H groups in total. The number of thiazole rings is 1. The summed E-state index contributed by atoms with van der Waals surface area (Å²) in [5.74, 6) is -0.451. The maximum atomic E-state index is 11.6. The van der Waals surface area contributed by atoms with Crippen LogP contribution in [0.5, 0.6) is 0 Å². The van der Waals surface area contributed by atoms with E-state index in [0.29, 0.717) is 10.8 Å². The number of amides is 1. The standard InChI is InChI=1S/C9H15N3O4S/c10-8-11-6(2-17-8)1-7(16)12-9(3-13,4-14)5-15/h2,13-15H,1,3-5H2,(H2,10,11)(H,12,16). The Kier molecular flexibility index (Phi) is 4.82. The van der Waals surface area contributed by atoms with Gasteiger partial charge in [0.15, 0.2) is 5.13 Å². The molecule has 0 spiro atoms. The van der Waals surface area contributed by atoms with Crippen molar-refractivity contribution in [2.75, 3.05) is 25.6 Å². The van der Waals surface area contributed by atoms with Crippen molar-refractivity contribution in [3.8, 4) is 0 Å². The summed E-state index contributed by atoms with van der Waals surface area (Å²) < 4.78 is 0. The summed E-state index contributed by atoms with van der Waals surface area (Å²) in [4.78, 5) is 15.5. The van der Waals surface area contributed by atoms with Gasteiger partial charge in [0.25, 0.3) is 0 Å². The van der Waals surface area contributed by atoms with Crippen LogP contribution >= 0.6 is 11.3 Å². The van der Waals surface area contributed by atoms with E-state index in [0.717, 1.165) is 0 Å². The van der Waals surface area contributed by atoms with Gasteiger partial charge in [-0.2, -0.15) is 0 Å². The predicted octanol–water partition coefficient (Wildman–Crippen LogP) is -1.90. The first-order valence-electron chi connectivity index (χ1n) is 4.88. The third-order valence-electron chi connectivity index (χ3n) is 2.22. The van der Waals surface area contributed by atoms with Crippen LogP contribution in [0.2, 0.25) is 0 Å². The van der Waals surface area contributed by atoms with Gasteiger partial charge in [-0.1, -0.05) is 0 Å². The zero-order chi connectivity index (χ0) is 12.9. The Morgan fingerprint density at radius 3 is 2.41 bits per heavy atom. The fourth-order valence-corrected chi connectivity index (χ4v) is 1.74. The molecule has 0 aromatic carbocycles. The lowest BCUT2D eigenvalue weighted by atomic mass is 10.0. The number of nitrogens with two attached hydrogens (primary N) is 1. The van der Waals surface area contributed by atoms with E-state index >= 15 is 0 Å². The highest BCUT2D eigenvalue weighted by Gasteiger charge is 2.29. The Morgan fingerprint density at radius 2 is 2.00 bits per heavy atom. The maximum absolute atomic E-state index is 11.6. The van der Waals surface area contributed by atoms with E-state index in [4.69, 9.17) is 21.1 Å². The zero-order valence-corrected chi connectivity index (χ0v) is 9.90. The SMILES string of the molecule is Nc1nc(CC(=O)NC(CO)(CO)CO)cs1. The summed E-state index contributed by atoms with van der Waals surface area (Å²) in [6.45, 7) is -1.65. The zero-order valence-electron chi connectivity index (χ0n) is 9.09. The Hall–Kier alpha value is -1.22. The van der Waals surface area contributed by atoms with E-state index in [1.807, 2.05) is 0 Å². The van der Waals surface area contributed by atoms with Gasteiger partial charge in [0.2, 0.25) is 5.91 Å². The molecule has 0 aliphatic carbocycles. The second-order valence-corrected chi connectivity index (χ2v) is 4.55. The summed E-state index contributed by atoms with van der Waals surface area (Å²) in [5.41, 5.74) is 4.52. The van der Waals surface area contributed by atoms with Crippen molar-refractivity contribution in [3.05, 3.63) is 11.1 Å². The van der Waals surface area contributed by atoms with Gasteiger partial charge in [-0.25, -0.2) is 4.98 Å². The Labute approximate surface area is 102 Å². The number of hydrogen-bond acceptors (Lipinski definition) is 7. The molecule has 1 rings (SSSR count). The number of carbonyl (C=O) groups excluding carboxylic acids is 1. The van der Waals surface area contributed by atoms with Crippen molar-refractivity contribution < 1.29 is 20.1 Å². The van der Waals surface area contributed by atoms with E-state index in [-0.39, 0.29) is 6.42 Å². The summed E-state index contributed by atoms with van der Waals surface area (Å²) in [6, 6.07) is 0. The minimum atomic E-state index is -1.40. The highest BCUT2D eigenvalue weighted by molar-refractivity contribution is 7.13. The number of aliphatic hydroxyl groups is 3. The predicted molar refractivity (Wildman–Crippen MR) is 62.4 cm³/mol. The van der Waals surface area contributed by atoms with E-state index in [9.17, 15) is 4.79 Å². The first-order valence-corrected chi connectivity index (χ1v) is 5.76. The number of rotatable bonds is 6. The van der Waals surface area contributed by atoms with Crippen LogP contribution in [-0.2, 0) is 11.2 Å². The van der Waals surface area contributed by atoms with E-state index in [2.05, 4.69) is 10.3 Å². The molecular formula is C9H15N3O4S. The summed E-state index contributed by atoms with van der Waals surface area (Å²) >= 11 is 1.22. The van der Waals surface area contributed by atoms with Gasteiger partial charge >= 0.3 is 0 Å². The highest BCUT2D eigenvalue weighted by Crippen LogP contribution is 2.12. The molecule has 1 aromatic heterocycles. The number of nitrogens with one attached hydrogen (secondary N) is 1. The van der Waals surface area contributed by atoms with E-state index < -0.39 is 31.3 Å². The normalized spacial score (nSPS) is 11.5. The largest absolute Gasteiger partial charge is 0.394 e. The van der Waals surface area contributed by atoms with Crippen molar-refractivity contribution in [1.82, 2.24) is 10.3 Å². The van der Waals surface area contributed by atoms with Crippen LogP contribution in [0.25, 0.3) is 0 Å². The average Bonchev–Trinajstić information content (AvgIpc) is 2.72. The Morgan fingerprint density at radius 1 is 1.41 bits per heavy atom. The number of anilines is 1. The number of aromatic nitrogens is 1. The first-order chi connectivity index (χ1) is 8.05. The Bertz CT molecular complexity index is 370. The van der Waals surface area contributed by atoms with Gasteiger partial charge in [0, 0.05) is 5.38 Å². The molecule has 0 radical (unpaired) electrons. The molecular weight excluding hydrogens is 246 g/mol. The lowest BCUT2D eigenvalue weighted by Crippen LogP contribution is -2.57. The smallest absolute Gasteiger partial charge is 0.226 e. The number of carbonyl (C=O) groups is 1. The third kappa shape index (κ3) is 3.63. The molecule has 0 saturated carbocycles. The molecule has 0 aliphatic heterocycles. The number of hydrogen-bond donors (Lipinski definition) is 5. The van der Waals surface area contributed by atoms with Gasteiger partial charge in [0.1, 0.15) is 5.54 Å². The van der Waals surface area contributed by atoms with Gasteiger partial charge < -0.3 is 26.4 Å². The highest BCUT2D eigenvalue weighted by atomic mass is 32.1. The molecule has 1 heterocycles. The summed E-state index contributed by atoms with van der Waals surface area (Å²) in [6.07, 6.45) is -0.0184. The molecule has 96 valence electrons. The van der Waals surface area contributed by atoms with Crippen LogP contribution in [-0.4, -0.2) is 51.6 Å². The van der Waals surface area contributed by atoms with Gasteiger partial charge in [0.05, 0.1) is 31.9 Å². The van der Waals surface area contributed by atoms with Gasteiger partial charge in [-0.05, 0) is 0 Å². The van der Waals surface area contributed by atoms with Crippen molar-refractivity contribution in [2.24, 2.45) is 0 Å². The van der Waals surface area contributed by atoms with E-state index in [1.165, 1.54) is 11.3 Å². The molecule has 0 atom stereocenters. The third-order valence-corrected chi connectivity index (χ3v) is 2.95. The molecule has 0 bridgehead atoms. The fourth-order valence-electron chi connectivity index (χ4n) is 1.18. The van der Waals surface area contributed by atoms with Crippen LogP contribution in [0.15, 0.2) is 5.38 Å². The molecule has 0 fully saturated rings. The second-order valence-electron chi connectivity index (χ2n) is 3.66. The average molecular weight is 261 g/mol. The quantitative estimate of drug-likeness (QED) is 0.407. The number of nitrogens with zero attached hydrogens (tertiary/aromatic N) is 1. The molecule has 7 nitrogen and oxygen atoms in total. The molecule has 17 heavy (non-hydrogen) atoms. The topological polar surface area (TPSA) is 129 Å². The van der Waals surface area contributed by atoms with Gasteiger partial charge in [-0.3, -0.25) is 4.79 Å². The van der Waals surface area contributed by atoms with Crippen LogP contribution in [0, 0.1) is 0 Å². The van der Waals surface area contributed by atoms with Crippen LogP contribution < -0.4 is 11.1 Å². The van der Waals surface area contributed by atoms with Crippen LogP contribution in [0.3, 0.4) is 0 Å². The summed E-state index contributed by atoms with van der Waals surface area (Å²) in [7, 11) is 0. The lowest BCUT2D eigenvalue weighted by Gasteiger charge is -2.28. The molecule has 1 aromatic rings. The molecule has 1 amide bonds. The Balaban J connectivity index is 2.59. The molecule has 0 aliphatic rings. The second kappa shape index (κ2) is 5.92. The van der Waals surface area contributed by atoms with Crippen molar-refractivity contribution >= 4 is 22.4 Å². The minimum Gasteiger partial charge on any atom is -0.394 e. The maximum Gasteiger partial charge on any atom is 0.226 e.